The van der Waals surface area contributed by atoms with E-state index in [1.165, 1.54) is 0 Å². The monoisotopic (exact) mass is 338 g/mol. The van der Waals surface area contributed by atoms with Gasteiger partial charge in [0.05, 0.1) is 12.4 Å². The average molecular weight is 339 g/mol. The highest BCUT2D eigenvalue weighted by molar-refractivity contribution is 8.13. The molecular formula is C14H20Cl2O3S. The van der Waals surface area contributed by atoms with Crippen LogP contribution in [0.15, 0.2) is 18.2 Å². The Kier molecular flexibility index (Phi) is 7.13. The molecule has 0 fully saturated rings. The van der Waals surface area contributed by atoms with Crippen LogP contribution in [0, 0.1) is 5.92 Å². The molecule has 1 unspecified atom stereocenters. The third-order valence-electron chi connectivity index (χ3n) is 3.13. The van der Waals surface area contributed by atoms with Crippen LogP contribution < -0.4 is 4.74 Å². The van der Waals surface area contributed by atoms with Gasteiger partial charge in [-0.1, -0.05) is 25.4 Å². The zero-order chi connectivity index (χ0) is 15.2. The van der Waals surface area contributed by atoms with Crippen molar-refractivity contribution in [1.82, 2.24) is 0 Å². The number of halogens is 2. The lowest BCUT2D eigenvalue weighted by atomic mass is 10.1. The van der Waals surface area contributed by atoms with Crippen molar-refractivity contribution in [3.63, 3.8) is 0 Å². The van der Waals surface area contributed by atoms with E-state index in [9.17, 15) is 8.42 Å². The van der Waals surface area contributed by atoms with Crippen molar-refractivity contribution < 1.29 is 13.2 Å². The zero-order valence-corrected chi connectivity index (χ0v) is 14.1. The summed E-state index contributed by atoms with van der Waals surface area (Å²) in [5, 5.41) is 0.750. The fourth-order valence-electron chi connectivity index (χ4n) is 1.78. The maximum atomic E-state index is 10.9. The van der Waals surface area contributed by atoms with E-state index < -0.39 is 9.05 Å². The number of benzene rings is 1. The van der Waals surface area contributed by atoms with Crippen LogP contribution in [0.4, 0.5) is 0 Å². The second-order valence-electron chi connectivity index (χ2n) is 4.88. The van der Waals surface area contributed by atoms with Gasteiger partial charge in [0, 0.05) is 15.7 Å². The molecule has 1 aromatic rings. The van der Waals surface area contributed by atoms with Gasteiger partial charge < -0.3 is 4.74 Å². The van der Waals surface area contributed by atoms with Gasteiger partial charge in [-0.25, -0.2) is 8.42 Å². The minimum absolute atomic E-state index is 0.0106. The molecule has 0 aliphatic heterocycles. The van der Waals surface area contributed by atoms with Crippen LogP contribution in [0.1, 0.15) is 32.3 Å². The van der Waals surface area contributed by atoms with Gasteiger partial charge >= 0.3 is 0 Å². The Bertz CT molecular complexity index is 529. The molecule has 3 nitrogen and oxygen atoms in total. The van der Waals surface area contributed by atoms with Crippen molar-refractivity contribution in [2.75, 3.05) is 12.4 Å². The van der Waals surface area contributed by atoms with Gasteiger partial charge in [0.15, 0.2) is 0 Å². The number of hydrogen-bond acceptors (Lipinski definition) is 3. The second kappa shape index (κ2) is 8.11. The summed E-state index contributed by atoms with van der Waals surface area (Å²) in [7, 11) is 1.79. The molecule has 1 rings (SSSR count). The van der Waals surface area contributed by atoms with E-state index in [1.807, 2.05) is 32.0 Å². The van der Waals surface area contributed by atoms with Crippen LogP contribution in [0.2, 0.25) is 5.02 Å². The first-order valence-corrected chi connectivity index (χ1v) is 9.51. The molecule has 0 bridgehead atoms. The van der Waals surface area contributed by atoms with E-state index >= 15 is 0 Å². The quantitative estimate of drug-likeness (QED) is 0.665. The number of hydrogen-bond donors (Lipinski definition) is 0. The van der Waals surface area contributed by atoms with Crippen molar-refractivity contribution in [3.8, 4) is 5.75 Å². The van der Waals surface area contributed by atoms with Crippen molar-refractivity contribution in [2.24, 2.45) is 5.92 Å². The Morgan fingerprint density at radius 2 is 2.00 bits per heavy atom. The molecule has 0 radical (unpaired) electrons. The predicted octanol–water partition coefficient (Wildman–Crippen LogP) is 4.27. The standard InChI is InChI=1S/C14H20Cl2O3S/c1-3-12-10-13(4-5-14(12)15)19-8-6-11(2)7-9-20(16,17)18/h4-5,10-11H,3,6-9H2,1-2H3. The van der Waals surface area contributed by atoms with Gasteiger partial charge in [-0.2, -0.15) is 0 Å². The summed E-state index contributed by atoms with van der Waals surface area (Å²) in [6, 6.07) is 5.62. The highest BCUT2D eigenvalue weighted by Crippen LogP contribution is 2.23. The molecule has 20 heavy (non-hydrogen) atoms. The van der Waals surface area contributed by atoms with E-state index in [2.05, 4.69) is 0 Å². The molecule has 1 aromatic carbocycles. The molecule has 0 N–H and O–H groups in total. The Morgan fingerprint density at radius 3 is 2.60 bits per heavy atom. The molecule has 114 valence electrons. The van der Waals surface area contributed by atoms with Gasteiger partial charge in [-0.05, 0) is 48.9 Å². The lowest BCUT2D eigenvalue weighted by Crippen LogP contribution is -2.08. The zero-order valence-electron chi connectivity index (χ0n) is 11.7. The molecule has 0 saturated carbocycles. The molecule has 0 aliphatic carbocycles. The first kappa shape index (κ1) is 17.6. The van der Waals surface area contributed by atoms with Gasteiger partial charge in [0.1, 0.15) is 5.75 Å². The third kappa shape index (κ3) is 6.82. The maximum absolute atomic E-state index is 10.9. The minimum atomic E-state index is -3.39. The van der Waals surface area contributed by atoms with Crippen LogP contribution in [0.25, 0.3) is 0 Å². The Morgan fingerprint density at radius 1 is 1.30 bits per heavy atom. The Labute approximate surface area is 130 Å². The molecule has 0 heterocycles. The lowest BCUT2D eigenvalue weighted by Gasteiger charge is -2.12. The molecule has 0 spiro atoms. The fraction of sp³-hybridized carbons (Fsp3) is 0.571. The summed E-state index contributed by atoms with van der Waals surface area (Å²) in [5.41, 5.74) is 1.06. The van der Waals surface area contributed by atoms with Gasteiger partial charge in [0.2, 0.25) is 9.05 Å². The smallest absolute Gasteiger partial charge is 0.232 e. The topological polar surface area (TPSA) is 43.4 Å². The summed E-state index contributed by atoms with van der Waals surface area (Å²) in [6.45, 7) is 4.58. The molecule has 6 heteroatoms. The van der Waals surface area contributed by atoms with Crippen molar-refractivity contribution in [1.29, 1.82) is 0 Å². The average Bonchev–Trinajstić information content (AvgIpc) is 2.37. The van der Waals surface area contributed by atoms with Gasteiger partial charge in [0.25, 0.3) is 0 Å². The number of rotatable bonds is 8. The normalized spacial score (nSPS) is 13.2. The second-order valence-corrected chi connectivity index (χ2v) is 8.18. The van der Waals surface area contributed by atoms with Gasteiger partial charge in [-0.15, -0.1) is 0 Å². The van der Waals surface area contributed by atoms with E-state index in [4.69, 9.17) is 27.0 Å². The van der Waals surface area contributed by atoms with E-state index in [0.717, 1.165) is 29.2 Å². The van der Waals surface area contributed by atoms with Crippen LogP contribution in [0.3, 0.4) is 0 Å². The lowest BCUT2D eigenvalue weighted by molar-refractivity contribution is 0.281. The van der Waals surface area contributed by atoms with Crippen LogP contribution in [-0.2, 0) is 15.5 Å². The van der Waals surface area contributed by atoms with Crippen LogP contribution in [0.5, 0.6) is 5.75 Å². The molecule has 0 aliphatic rings. The SMILES string of the molecule is CCc1cc(OCCC(C)CCS(=O)(=O)Cl)ccc1Cl. The molecular weight excluding hydrogens is 319 g/mol. The summed E-state index contributed by atoms with van der Waals surface area (Å²) in [5.74, 6) is 1.06. The highest BCUT2D eigenvalue weighted by Gasteiger charge is 2.10. The first-order chi connectivity index (χ1) is 9.31. The molecule has 0 amide bonds. The molecule has 0 aromatic heterocycles. The number of ether oxygens (including phenoxy) is 1. The van der Waals surface area contributed by atoms with E-state index in [1.54, 1.807) is 0 Å². The summed E-state index contributed by atoms with van der Waals surface area (Å²) < 4.78 is 27.4. The Hall–Kier alpha value is -0.450. The third-order valence-corrected chi connectivity index (χ3v) is 4.69. The Balaban J connectivity index is 2.37. The van der Waals surface area contributed by atoms with E-state index in [-0.39, 0.29) is 11.7 Å². The van der Waals surface area contributed by atoms with E-state index in [0.29, 0.717) is 13.0 Å². The van der Waals surface area contributed by atoms with Crippen molar-refractivity contribution >= 4 is 31.3 Å². The van der Waals surface area contributed by atoms with Crippen molar-refractivity contribution in [2.45, 2.75) is 33.1 Å². The molecule has 1 atom stereocenters. The van der Waals surface area contributed by atoms with Gasteiger partial charge in [-0.3, -0.25) is 0 Å². The summed E-state index contributed by atoms with van der Waals surface area (Å²) in [6.07, 6.45) is 2.20. The van der Waals surface area contributed by atoms with Crippen molar-refractivity contribution in [3.05, 3.63) is 28.8 Å². The van der Waals surface area contributed by atoms with Crippen LogP contribution in [-0.4, -0.2) is 20.8 Å². The largest absolute Gasteiger partial charge is 0.494 e. The van der Waals surface area contributed by atoms with Crippen LogP contribution >= 0.6 is 22.3 Å². The number of aryl methyl sites for hydroxylation is 1. The summed E-state index contributed by atoms with van der Waals surface area (Å²) >= 11 is 6.04. The first-order valence-electron chi connectivity index (χ1n) is 6.65. The maximum Gasteiger partial charge on any atom is 0.232 e. The highest BCUT2D eigenvalue weighted by atomic mass is 35.7. The predicted molar refractivity (Wildman–Crippen MR) is 84.4 cm³/mol. The minimum Gasteiger partial charge on any atom is -0.494 e. The summed E-state index contributed by atoms with van der Waals surface area (Å²) in [4.78, 5) is 0. The molecule has 0 saturated heterocycles. The fourth-order valence-corrected chi connectivity index (χ4v) is 2.98.